The van der Waals surface area contributed by atoms with Crippen LogP contribution in [0, 0.1) is 11.3 Å². The molecule has 0 fully saturated rings. The molecule has 0 aliphatic rings. The number of furan rings is 1. The first-order valence-corrected chi connectivity index (χ1v) is 7.96. The van der Waals surface area contributed by atoms with Gasteiger partial charge in [-0.25, -0.2) is 0 Å². The minimum atomic E-state index is -0.321. The van der Waals surface area contributed by atoms with Crippen molar-refractivity contribution in [2.45, 2.75) is 0 Å². The van der Waals surface area contributed by atoms with Crippen LogP contribution in [-0.2, 0) is 0 Å². The highest BCUT2D eigenvalue weighted by molar-refractivity contribution is 6.30. The summed E-state index contributed by atoms with van der Waals surface area (Å²) in [5.41, 5.74) is 1.96. The molecule has 2 heterocycles. The zero-order valence-corrected chi connectivity index (χ0v) is 13.7. The molecule has 0 amide bonds. The van der Waals surface area contributed by atoms with E-state index in [1.807, 2.05) is 30.3 Å². The summed E-state index contributed by atoms with van der Waals surface area (Å²) in [4.78, 5) is 12.8. The van der Waals surface area contributed by atoms with Crippen molar-refractivity contribution in [2.24, 2.45) is 0 Å². The summed E-state index contributed by atoms with van der Waals surface area (Å²) < 4.78 is 7.16. The molecule has 0 bridgehead atoms. The summed E-state index contributed by atoms with van der Waals surface area (Å²) in [6.07, 6.45) is 1.54. The van der Waals surface area contributed by atoms with Gasteiger partial charge in [0, 0.05) is 22.2 Å². The molecule has 0 radical (unpaired) electrons. The van der Waals surface area contributed by atoms with Gasteiger partial charge in [0.25, 0.3) is 5.91 Å². The van der Waals surface area contributed by atoms with Crippen LogP contribution in [0.5, 0.6) is 0 Å². The molecule has 25 heavy (non-hydrogen) atoms. The van der Waals surface area contributed by atoms with E-state index in [1.54, 1.807) is 30.3 Å². The van der Waals surface area contributed by atoms with E-state index in [1.165, 1.54) is 10.8 Å². The highest BCUT2D eigenvalue weighted by Crippen LogP contribution is 2.26. The second-order valence-corrected chi connectivity index (χ2v) is 5.95. The van der Waals surface area contributed by atoms with Crippen LogP contribution >= 0.6 is 11.6 Å². The molecule has 4 nitrogen and oxygen atoms in total. The maximum atomic E-state index is 12.8. The van der Waals surface area contributed by atoms with Gasteiger partial charge in [0.15, 0.2) is 5.76 Å². The Morgan fingerprint density at radius 3 is 2.56 bits per heavy atom. The number of carbonyl (C=O) groups is 1. The Labute approximate surface area is 148 Å². The van der Waals surface area contributed by atoms with Crippen molar-refractivity contribution in [1.29, 1.82) is 5.26 Å². The molecule has 4 aromatic rings. The summed E-state index contributed by atoms with van der Waals surface area (Å²) in [6, 6.07) is 20.0. The van der Waals surface area contributed by atoms with E-state index >= 15 is 0 Å². The molecule has 0 atom stereocenters. The van der Waals surface area contributed by atoms with Gasteiger partial charge in [-0.3, -0.25) is 9.36 Å². The van der Waals surface area contributed by atoms with E-state index in [9.17, 15) is 10.1 Å². The van der Waals surface area contributed by atoms with Crippen LogP contribution in [0.25, 0.3) is 22.2 Å². The lowest BCUT2D eigenvalue weighted by atomic mass is 10.2. The fraction of sp³-hybridized carbons (Fsp3) is 0. The Hall–Kier alpha value is -3.29. The van der Waals surface area contributed by atoms with Gasteiger partial charge in [-0.1, -0.05) is 29.8 Å². The SMILES string of the molecule is N#Cc1cn(C(=O)c2ccc(-c3ccc(Cl)cc3)o2)c2ccccc12. The smallest absolute Gasteiger partial charge is 0.298 e. The Balaban J connectivity index is 1.75. The number of rotatable bonds is 2. The summed E-state index contributed by atoms with van der Waals surface area (Å²) in [5.74, 6) is 0.463. The second kappa shape index (κ2) is 5.97. The number of halogens is 1. The van der Waals surface area contributed by atoms with Crippen LogP contribution in [0.2, 0.25) is 5.02 Å². The molecule has 4 rings (SSSR count). The Morgan fingerprint density at radius 1 is 1.04 bits per heavy atom. The fourth-order valence-electron chi connectivity index (χ4n) is 2.78. The van der Waals surface area contributed by atoms with Crippen LogP contribution in [-0.4, -0.2) is 10.5 Å². The predicted octanol–water partition coefficient (Wildman–Crippen LogP) is 5.11. The first kappa shape index (κ1) is 15.3. The lowest BCUT2D eigenvalue weighted by molar-refractivity contribution is 0.0938. The number of aromatic nitrogens is 1. The summed E-state index contributed by atoms with van der Waals surface area (Å²) in [7, 11) is 0. The van der Waals surface area contributed by atoms with Crippen LogP contribution < -0.4 is 0 Å². The van der Waals surface area contributed by atoms with Gasteiger partial charge in [0.2, 0.25) is 0 Å². The third kappa shape index (κ3) is 2.61. The summed E-state index contributed by atoms with van der Waals surface area (Å²) >= 11 is 5.89. The normalized spacial score (nSPS) is 10.7. The van der Waals surface area contributed by atoms with Crippen molar-refractivity contribution in [3.8, 4) is 17.4 Å². The Morgan fingerprint density at radius 2 is 1.80 bits per heavy atom. The number of nitrogens with zero attached hydrogens (tertiary/aromatic N) is 2. The molecule has 2 aromatic carbocycles. The monoisotopic (exact) mass is 346 g/mol. The first-order valence-electron chi connectivity index (χ1n) is 7.58. The van der Waals surface area contributed by atoms with E-state index in [0.29, 0.717) is 21.9 Å². The van der Waals surface area contributed by atoms with Gasteiger partial charge in [-0.15, -0.1) is 0 Å². The molecular formula is C20H11ClN2O2. The van der Waals surface area contributed by atoms with E-state index in [0.717, 1.165) is 10.9 Å². The maximum absolute atomic E-state index is 12.8. The van der Waals surface area contributed by atoms with E-state index in [4.69, 9.17) is 16.0 Å². The topological polar surface area (TPSA) is 58.9 Å². The van der Waals surface area contributed by atoms with Crippen LogP contribution in [0.15, 0.2) is 71.3 Å². The number of benzene rings is 2. The summed E-state index contributed by atoms with van der Waals surface area (Å²) in [6.45, 7) is 0. The van der Waals surface area contributed by atoms with Gasteiger partial charge in [0.05, 0.1) is 11.1 Å². The van der Waals surface area contributed by atoms with Crippen molar-refractivity contribution in [3.63, 3.8) is 0 Å². The minimum absolute atomic E-state index is 0.204. The zero-order valence-electron chi connectivity index (χ0n) is 12.9. The van der Waals surface area contributed by atoms with Gasteiger partial charge < -0.3 is 4.42 Å². The lowest BCUT2D eigenvalue weighted by Crippen LogP contribution is -2.09. The number of hydrogen-bond donors (Lipinski definition) is 0. The molecule has 0 saturated heterocycles. The molecular weight excluding hydrogens is 336 g/mol. The third-order valence-corrected chi connectivity index (χ3v) is 4.25. The quantitative estimate of drug-likeness (QED) is 0.506. The molecule has 0 unspecified atom stereocenters. The predicted molar refractivity (Wildman–Crippen MR) is 95.5 cm³/mol. The van der Waals surface area contributed by atoms with Gasteiger partial charge >= 0.3 is 0 Å². The van der Waals surface area contributed by atoms with E-state index in [-0.39, 0.29) is 11.7 Å². The molecule has 0 saturated carbocycles. The number of hydrogen-bond acceptors (Lipinski definition) is 3. The van der Waals surface area contributed by atoms with Crippen LogP contribution in [0.3, 0.4) is 0 Å². The van der Waals surface area contributed by atoms with Crippen molar-refractivity contribution < 1.29 is 9.21 Å². The number of para-hydroxylation sites is 1. The molecule has 2 aromatic heterocycles. The van der Waals surface area contributed by atoms with Gasteiger partial charge in [0.1, 0.15) is 11.8 Å². The Bertz CT molecular complexity index is 1130. The first-order chi connectivity index (χ1) is 12.2. The third-order valence-electron chi connectivity index (χ3n) is 4.00. The molecule has 0 N–H and O–H groups in total. The second-order valence-electron chi connectivity index (χ2n) is 5.52. The van der Waals surface area contributed by atoms with Crippen molar-refractivity contribution >= 4 is 28.4 Å². The number of fused-ring (bicyclic) bond motifs is 1. The largest absolute Gasteiger partial charge is 0.451 e. The van der Waals surface area contributed by atoms with Crippen LogP contribution in [0.4, 0.5) is 0 Å². The van der Waals surface area contributed by atoms with Crippen molar-refractivity contribution in [3.05, 3.63) is 83.2 Å². The average Bonchev–Trinajstić information content (AvgIpc) is 3.27. The maximum Gasteiger partial charge on any atom is 0.298 e. The molecule has 5 heteroatoms. The van der Waals surface area contributed by atoms with E-state index in [2.05, 4.69) is 6.07 Å². The van der Waals surface area contributed by atoms with Crippen LogP contribution in [0.1, 0.15) is 16.1 Å². The highest BCUT2D eigenvalue weighted by atomic mass is 35.5. The number of nitriles is 1. The summed E-state index contributed by atoms with van der Waals surface area (Å²) in [5, 5.41) is 10.6. The lowest BCUT2D eigenvalue weighted by Gasteiger charge is -2.01. The zero-order chi connectivity index (χ0) is 17.4. The van der Waals surface area contributed by atoms with Gasteiger partial charge in [-0.2, -0.15) is 5.26 Å². The molecule has 0 spiro atoms. The standard InChI is InChI=1S/C20H11ClN2O2/c21-15-7-5-13(6-8-15)18-9-10-19(25-18)20(24)23-12-14(11-22)16-3-1-2-4-17(16)23/h1-10,12H. The number of carbonyl (C=O) groups excluding carboxylic acids is 1. The fourth-order valence-corrected chi connectivity index (χ4v) is 2.90. The minimum Gasteiger partial charge on any atom is -0.451 e. The highest BCUT2D eigenvalue weighted by Gasteiger charge is 2.18. The van der Waals surface area contributed by atoms with E-state index < -0.39 is 0 Å². The average molecular weight is 347 g/mol. The van der Waals surface area contributed by atoms with Gasteiger partial charge in [-0.05, 0) is 42.5 Å². The van der Waals surface area contributed by atoms with Crippen molar-refractivity contribution in [2.75, 3.05) is 0 Å². The molecule has 0 aliphatic heterocycles. The Kier molecular flexibility index (Phi) is 3.64. The van der Waals surface area contributed by atoms with Crippen molar-refractivity contribution in [1.82, 2.24) is 4.57 Å². The molecule has 120 valence electrons. The molecule has 0 aliphatic carbocycles.